The molecule has 6 nitrogen and oxygen atoms in total. The van der Waals surface area contributed by atoms with Crippen LogP contribution in [0.3, 0.4) is 0 Å². The van der Waals surface area contributed by atoms with Crippen molar-refractivity contribution in [2.45, 2.75) is 58.2 Å². The van der Waals surface area contributed by atoms with Crippen molar-refractivity contribution in [2.24, 2.45) is 0 Å². The predicted octanol–water partition coefficient (Wildman–Crippen LogP) is 4.47. The van der Waals surface area contributed by atoms with Crippen molar-refractivity contribution in [3.8, 4) is 0 Å². The zero-order valence-electron chi connectivity index (χ0n) is 17.5. The molecule has 0 saturated carbocycles. The van der Waals surface area contributed by atoms with Gasteiger partial charge in [-0.2, -0.15) is 0 Å². The summed E-state index contributed by atoms with van der Waals surface area (Å²) >= 11 is 0. The molecule has 2 aromatic rings. The third-order valence-electron chi connectivity index (χ3n) is 4.33. The minimum Gasteiger partial charge on any atom is -0.478 e. The molecule has 0 amide bonds. The van der Waals surface area contributed by atoms with Gasteiger partial charge in [0.2, 0.25) is 0 Å². The molecule has 0 aliphatic heterocycles. The summed E-state index contributed by atoms with van der Waals surface area (Å²) in [7, 11) is 0. The lowest BCUT2D eigenvalue weighted by Gasteiger charge is -2.31. The first kappa shape index (κ1) is 26.3. The molecule has 0 spiro atoms. The van der Waals surface area contributed by atoms with Gasteiger partial charge in [-0.05, 0) is 51.0 Å². The summed E-state index contributed by atoms with van der Waals surface area (Å²) in [5.41, 5.74) is -0.783. The van der Waals surface area contributed by atoms with Crippen LogP contribution >= 0.6 is 0 Å². The highest BCUT2D eigenvalue weighted by Gasteiger charge is 2.29. The highest BCUT2D eigenvalue weighted by atomic mass is 16.4. The molecule has 4 N–H and O–H groups in total. The first-order valence-corrected chi connectivity index (χ1v) is 9.45. The smallest absolute Gasteiger partial charge is 0.335 e. The maximum Gasteiger partial charge on any atom is 0.335 e. The Kier molecular flexibility index (Phi) is 11.5. The summed E-state index contributed by atoms with van der Waals surface area (Å²) in [5, 5.41) is 36.0. The van der Waals surface area contributed by atoms with E-state index < -0.39 is 23.1 Å². The van der Waals surface area contributed by atoms with Crippen molar-refractivity contribution >= 4 is 11.9 Å². The molecule has 0 radical (unpaired) electrons. The number of hydrogen-bond donors (Lipinski definition) is 4. The fourth-order valence-corrected chi connectivity index (χ4v) is 2.23. The van der Waals surface area contributed by atoms with Crippen molar-refractivity contribution in [3.63, 3.8) is 0 Å². The van der Waals surface area contributed by atoms with Crippen molar-refractivity contribution in [1.29, 1.82) is 0 Å². The molecule has 6 heteroatoms. The van der Waals surface area contributed by atoms with Gasteiger partial charge in [0, 0.05) is 6.42 Å². The minimum atomic E-state index is -0.879. The fourth-order valence-electron chi connectivity index (χ4n) is 2.23. The van der Waals surface area contributed by atoms with Gasteiger partial charge >= 0.3 is 11.9 Å². The van der Waals surface area contributed by atoms with E-state index in [1.807, 2.05) is 13.8 Å². The summed E-state index contributed by atoms with van der Waals surface area (Å²) in [6.45, 7) is 7.37. The van der Waals surface area contributed by atoms with Gasteiger partial charge in [-0.25, -0.2) is 9.59 Å². The molecule has 2 aromatic carbocycles. The maximum atomic E-state index is 10.2. The molecular formula is C23H32O6. The topological polar surface area (TPSA) is 115 Å². The molecule has 0 aliphatic rings. The van der Waals surface area contributed by atoms with Gasteiger partial charge in [0.25, 0.3) is 0 Å². The van der Waals surface area contributed by atoms with Crippen LogP contribution < -0.4 is 0 Å². The van der Waals surface area contributed by atoms with Crippen LogP contribution in [-0.4, -0.2) is 43.6 Å². The first-order valence-electron chi connectivity index (χ1n) is 9.45. The summed E-state index contributed by atoms with van der Waals surface area (Å²) in [5.74, 6) is -1.76. The third kappa shape index (κ3) is 12.4. The van der Waals surface area contributed by atoms with E-state index in [1.165, 1.54) is 0 Å². The molecular weight excluding hydrogens is 372 g/mol. The zero-order chi connectivity index (χ0) is 22.5. The average Bonchev–Trinajstić information content (AvgIpc) is 2.69. The lowest BCUT2D eigenvalue weighted by Crippen LogP contribution is -2.36. The zero-order valence-corrected chi connectivity index (χ0v) is 17.5. The van der Waals surface area contributed by atoms with E-state index in [-0.39, 0.29) is 0 Å². The number of benzene rings is 2. The quantitative estimate of drug-likeness (QED) is 0.565. The van der Waals surface area contributed by atoms with E-state index in [0.29, 0.717) is 30.4 Å². The summed E-state index contributed by atoms with van der Waals surface area (Å²) < 4.78 is 0. The molecule has 29 heavy (non-hydrogen) atoms. The van der Waals surface area contributed by atoms with Crippen LogP contribution in [0.15, 0.2) is 60.7 Å². The Balaban J connectivity index is 0.000000408. The van der Waals surface area contributed by atoms with Crippen LogP contribution in [0.1, 0.15) is 67.7 Å². The van der Waals surface area contributed by atoms with Gasteiger partial charge < -0.3 is 20.4 Å². The van der Waals surface area contributed by atoms with Gasteiger partial charge in [-0.1, -0.05) is 50.2 Å². The normalized spacial score (nSPS) is 14.0. The number of aromatic carboxylic acids is 2. The lowest BCUT2D eigenvalue weighted by atomic mass is 9.86. The van der Waals surface area contributed by atoms with E-state index in [0.717, 1.165) is 0 Å². The van der Waals surface area contributed by atoms with Gasteiger partial charge in [0.1, 0.15) is 0 Å². The second-order valence-electron chi connectivity index (χ2n) is 7.22. The molecule has 0 bridgehead atoms. The summed E-state index contributed by atoms with van der Waals surface area (Å²) in [6.07, 6.45) is 1.82. The Morgan fingerprint density at radius 1 is 0.690 bits per heavy atom. The number of carboxylic acid groups (broad SMARTS) is 2. The van der Waals surface area contributed by atoms with Crippen molar-refractivity contribution in [3.05, 3.63) is 71.8 Å². The van der Waals surface area contributed by atoms with Crippen LogP contribution in [0.2, 0.25) is 0 Å². The van der Waals surface area contributed by atoms with E-state index >= 15 is 0 Å². The monoisotopic (exact) mass is 404 g/mol. The predicted molar refractivity (Wildman–Crippen MR) is 113 cm³/mol. The first-order chi connectivity index (χ1) is 13.4. The SMILES string of the molecule is CCC(C)(O)CC(C)(O)CC.O=C(O)c1ccccc1.O=C(O)c1ccccc1. The summed E-state index contributed by atoms with van der Waals surface area (Å²) in [4.78, 5) is 20.4. The van der Waals surface area contributed by atoms with Crippen LogP contribution in [0.5, 0.6) is 0 Å². The molecule has 0 heterocycles. The Hall–Kier alpha value is -2.70. The van der Waals surface area contributed by atoms with Gasteiger partial charge in [-0.15, -0.1) is 0 Å². The van der Waals surface area contributed by atoms with Crippen molar-refractivity contribution < 1.29 is 30.0 Å². The second kappa shape index (κ2) is 12.7. The summed E-state index contributed by atoms with van der Waals surface area (Å²) in [6, 6.07) is 16.6. The van der Waals surface area contributed by atoms with Crippen molar-refractivity contribution in [1.82, 2.24) is 0 Å². The van der Waals surface area contributed by atoms with Gasteiger partial charge in [0.15, 0.2) is 0 Å². The average molecular weight is 405 g/mol. The molecule has 2 unspecified atom stereocenters. The molecule has 0 fully saturated rings. The number of rotatable bonds is 6. The van der Waals surface area contributed by atoms with E-state index in [1.54, 1.807) is 74.5 Å². The van der Waals surface area contributed by atoms with Gasteiger partial charge in [-0.3, -0.25) is 0 Å². The Morgan fingerprint density at radius 3 is 1.14 bits per heavy atom. The minimum absolute atomic E-state index is 0.331. The number of carboxylic acids is 2. The standard InChI is InChI=1S/C9H20O2.2C7H6O2/c1-5-8(3,10)7-9(4,11)6-2;2*8-7(9)6-4-2-1-3-5-6/h10-11H,5-7H2,1-4H3;2*1-5H,(H,8,9). The third-order valence-corrected chi connectivity index (χ3v) is 4.33. The highest BCUT2D eigenvalue weighted by Crippen LogP contribution is 2.25. The van der Waals surface area contributed by atoms with Crippen LogP contribution in [0.4, 0.5) is 0 Å². The number of carbonyl (C=O) groups is 2. The fraction of sp³-hybridized carbons (Fsp3) is 0.391. The van der Waals surface area contributed by atoms with Gasteiger partial charge in [0.05, 0.1) is 22.3 Å². The Morgan fingerprint density at radius 2 is 0.966 bits per heavy atom. The van der Waals surface area contributed by atoms with E-state index in [9.17, 15) is 19.8 Å². The largest absolute Gasteiger partial charge is 0.478 e. The molecule has 2 rings (SSSR count). The molecule has 0 saturated heterocycles. The lowest BCUT2D eigenvalue weighted by molar-refractivity contribution is -0.0486. The Bertz CT molecular complexity index is 660. The highest BCUT2D eigenvalue weighted by molar-refractivity contribution is 5.87. The number of hydrogen-bond acceptors (Lipinski definition) is 4. The Labute approximate surface area is 172 Å². The molecule has 160 valence electrons. The maximum absolute atomic E-state index is 10.2. The molecule has 2 atom stereocenters. The van der Waals surface area contributed by atoms with Crippen LogP contribution in [0, 0.1) is 0 Å². The van der Waals surface area contributed by atoms with Crippen molar-refractivity contribution in [2.75, 3.05) is 0 Å². The number of aliphatic hydroxyl groups is 2. The molecule has 0 aromatic heterocycles. The van der Waals surface area contributed by atoms with Crippen LogP contribution in [0.25, 0.3) is 0 Å². The van der Waals surface area contributed by atoms with E-state index in [4.69, 9.17) is 10.2 Å². The second-order valence-corrected chi connectivity index (χ2v) is 7.22. The molecule has 0 aliphatic carbocycles. The van der Waals surface area contributed by atoms with Crippen LogP contribution in [-0.2, 0) is 0 Å². The van der Waals surface area contributed by atoms with E-state index in [2.05, 4.69) is 0 Å².